The van der Waals surface area contributed by atoms with Crippen molar-refractivity contribution in [3.63, 3.8) is 0 Å². The van der Waals surface area contributed by atoms with Crippen molar-refractivity contribution in [2.24, 2.45) is 5.92 Å². The zero-order valence-electron chi connectivity index (χ0n) is 9.07. The van der Waals surface area contributed by atoms with Gasteiger partial charge in [0.25, 0.3) is 0 Å². The van der Waals surface area contributed by atoms with Gasteiger partial charge in [-0.3, -0.25) is 4.21 Å². The van der Waals surface area contributed by atoms with Gasteiger partial charge in [0, 0.05) is 27.6 Å². The van der Waals surface area contributed by atoms with Gasteiger partial charge in [0.1, 0.15) is 5.01 Å². The normalized spacial score (nSPS) is 19.5. The van der Waals surface area contributed by atoms with Crippen LogP contribution in [0.2, 0.25) is 0 Å². The van der Waals surface area contributed by atoms with Gasteiger partial charge >= 0.3 is 0 Å². The van der Waals surface area contributed by atoms with Crippen LogP contribution in [0.3, 0.4) is 0 Å². The van der Waals surface area contributed by atoms with Crippen LogP contribution in [0.1, 0.15) is 36.4 Å². The number of nitrogens with zero attached hydrogens (tertiary/aromatic N) is 1. The summed E-state index contributed by atoms with van der Waals surface area (Å²) in [6.07, 6.45) is 5.22. The minimum absolute atomic E-state index is 0.662. The third kappa shape index (κ3) is 3.38. The van der Waals surface area contributed by atoms with Crippen molar-refractivity contribution < 1.29 is 4.21 Å². The van der Waals surface area contributed by atoms with Gasteiger partial charge < -0.3 is 0 Å². The third-order valence-corrected chi connectivity index (χ3v) is 5.44. The average molecular weight is 243 g/mol. The number of thiazole rings is 1. The molecule has 2 rings (SSSR count). The van der Waals surface area contributed by atoms with Gasteiger partial charge in [-0.15, -0.1) is 11.3 Å². The van der Waals surface area contributed by atoms with Crippen molar-refractivity contribution in [2.75, 3.05) is 5.75 Å². The maximum absolute atomic E-state index is 11.9. The first-order valence-electron chi connectivity index (χ1n) is 5.50. The van der Waals surface area contributed by atoms with Crippen LogP contribution in [0.4, 0.5) is 0 Å². The highest BCUT2D eigenvalue weighted by molar-refractivity contribution is 7.84. The summed E-state index contributed by atoms with van der Waals surface area (Å²) in [7, 11) is -0.700. The largest absolute Gasteiger partial charge is 0.259 e. The molecule has 0 aromatic carbocycles. The van der Waals surface area contributed by atoms with E-state index in [1.807, 2.05) is 12.3 Å². The Labute approximate surface area is 97.6 Å². The summed E-state index contributed by atoms with van der Waals surface area (Å²) < 4.78 is 11.9. The van der Waals surface area contributed by atoms with E-state index in [2.05, 4.69) is 4.98 Å². The van der Waals surface area contributed by atoms with Crippen LogP contribution in [0, 0.1) is 12.8 Å². The first-order valence-corrected chi connectivity index (χ1v) is 7.87. The van der Waals surface area contributed by atoms with Crippen molar-refractivity contribution in [1.82, 2.24) is 4.98 Å². The van der Waals surface area contributed by atoms with Crippen molar-refractivity contribution >= 4 is 22.1 Å². The fraction of sp³-hybridized carbons (Fsp3) is 0.727. The molecule has 15 heavy (non-hydrogen) atoms. The third-order valence-electron chi connectivity index (χ3n) is 2.85. The van der Waals surface area contributed by atoms with E-state index in [1.54, 1.807) is 11.3 Å². The highest BCUT2D eigenvalue weighted by Crippen LogP contribution is 2.26. The molecule has 1 aliphatic rings. The monoisotopic (exact) mass is 243 g/mol. The molecular formula is C11H17NOS2. The van der Waals surface area contributed by atoms with Gasteiger partial charge in [-0.1, -0.05) is 12.8 Å². The fourth-order valence-corrected chi connectivity index (χ4v) is 4.65. The Balaban J connectivity index is 1.81. The van der Waals surface area contributed by atoms with Crippen LogP contribution in [0.15, 0.2) is 5.38 Å². The molecule has 1 atom stereocenters. The van der Waals surface area contributed by atoms with Crippen LogP contribution in [-0.4, -0.2) is 14.9 Å². The average Bonchev–Trinajstić information content (AvgIpc) is 2.77. The lowest BCUT2D eigenvalue weighted by molar-refractivity contribution is 0.604. The Hall–Kier alpha value is -0.220. The van der Waals surface area contributed by atoms with Gasteiger partial charge in [0.05, 0.1) is 5.75 Å². The van der Waals surface area contributed by atoms with Gasteiger partial charge in [-0.25, -0.2) is 4.98 Å². The van der Waals surface area contributed by atoms with Crippen molar-refractivity contribution in [1.29, 1.82) is 0 Å². The summed E-state index contributed by atoms with van der Waals surface area (Å²) >= 11 is 1.63. The molecular weight excluding hydrogens is 226 g/mol. The van der Waals surface area contributed by atoms with E-state index in [1.165, 1.54) is 25.7 Å². The molecule has 1 heterocycles. The van der Waals surface area contributed by atoms with Gasteiger partial charge in [0.15, 0.2) is 0 Å². The predicted octanol–water partition coefficient (Wildman–Crippen LogP) is 2.89. The highest BCUT2D eigenvalue weighted by atomic mass is 32.2. The van der Waals surface area contributed by atoms with Gasteiger partial charge in [-0.05, 0) is 25.7 Å². The number of aryl methyl sites for hydroxylation is 1. The van der Waals surface area contributed by atoms with E-state index in [0.717, 1.165) is 16.5 Å². The van der Waals surface area contributed by atoms with E-state index in [4.69, 9.17) is 0 Å². The van der Waals surface area contributed by atoms with Gasteiger partial charge in [-0.2, -0.15) is 0 Å². The molecule has 1 fully saturated rings. The number of hydrogen-bond acceptors (Lipinski definition) is 3. The van der Waals surface area contributed by atoms with Crippen LogP contribution < -0.4 is 0 Å². The molecule has 0 radical (unpaired) electrons. The summed E-state index contributed by atoms with van der Waals surface area (Å²) in [5.41, 5.74) is 1.05. The standard InChI is InChI=1S/C11H17NOS2/c1-9-6-14-11(12-9)8-15(13)7-10-4-2-3-5-10/h6,10H,2-5,7-8H2,1H3/t15-/m1/s1. The van der Waals surface area contributed by atoms with Crippen LogP contribution in [0.25, 0.3) is 0 Å². The van der Waals surface area contributed by atoms with Crippen molar-refractivity contribution in [3.8, 4) is 0 Å². The molecule has 0 unspecified atom stereocenters. The first-order chi connectivity index (χ1) is 7.24. The molecule has 0 amide bonds. The second-order valence-corrected chi connectivity index (χ2v) is 6.73. The summed E-state index contributed by atoms with van der Waals surface area (Å²) in [5.74, 6) is 2.26. The van der Waals surface area contributed by atoms with Crippen LogP contribution >= 0.6 is 11.3 Å². The lowest BCUT2D eigenvalue weighted by atomic mass is 10.1. The maximum atomic E-state index is 11.9. The quantitative estimate of drug-likeness (QED) is 0.814. The highest BCUT2D eigenvalue weighted by Gasteiger charge is 2.18. The Morgan fingerprint density at radius 3 is 2.87 bits per heavy atom. The number of aromatic nitrogens is 1. The van der Waals surface area contributed by atoms with E-state index in [0.29, 0.717) is 11.7 Å². The topological polar surface area (TPSA) is 30.0 Å². The molecule has 84 valence electrons. The number of hydrogen-bond donors (Lipinski definition) is 0. The molecule has 4 heteroatoms. The SMILES string of the molecule is Cc1csc(C[S@](=O)CC2CCCC2)n1. The summed E-state index contributed by atoms with van der Waals surface area (Å²) in [6, 6.07) is 0. The zero-order chi connectivity index (χ0) is 10.7. The minimum Gasteiger partial charge on any atom is -0.259 e. The summed E-state index contributed by atoms with van der Waals surface area (Å²) in [4.78, 5) is 4.35. The van der Waals surface area contributed by atoms with E-state index >= 15 is 0 Å². The molecule has 0 aliphatic heterocycles. The molecule has 1 aliphatic carbocycles. The molecule has 1 aromatic rings. The number of rotatable bonds is 4. The lowest BCUT2D eigenvalue weighted by Crippen LogP contribution is -2.09. The second-order valence-electron chi connectivity index (χ2n) is 4.28. The Bertz CT molecular complexity index is 342. The van der Waals surface area contributed by atoms with E-state index in [9.17, 15) is 4.21 Å². The molecule has 2 nitrogen and oxygen atoms in total. The van der Waals surface area contributed by atoms with E-state index in [-0.39, 0.29) is 0 Å². The zero-order valence-corrected chi connectivity index (χ0v) is 10.7. The van der Waals surface area contributed by atoms with Crippen molar-refractivity contribution in [2.45, 2.75) is 38.4 Å². The molecule has 1 saturated carbocycles. The smallest absolute Gasteiger partial charge is 0.105 e. The molecule has 0 spiro atoms. The Morgan fingerprint density at radius 1 is 1.53 bits per heavy atom. The Kier molecular flexibility index (Phi) is 3.92. The lowest BCUT2D eigenvalue weighted by Gasteiger charge is -2.06. The van der Waals surface area contributed by atoms with Crippen LogP contribution in [0.5, 0.6) is 0 Å². The molecule has 1 aromatic heterocycles. The predicted molar refractivity (Wildman–Crippen MR) is 65.5 cm³/mol. The maximum Gasteiger partial charge on any atom is 0.105 e. The first kappa shape index (κ1) is 11.3. The molecule has 0 bridgehead atoms. The van der Waals surface area contributed by atoms with E-state index < -0.39 is 10.8 Å². The molecule has 0 saturated heterocycles. The van der Waals surface area contributed by atoms with Gasteiger partial charge in [0.2, 0.25) is 0 Å². The Morgan fingerprint density at radius 2 is 2.27 bits per heavy atom. The molecule has 0 N–H and O–H groups in total. The summed E-state index contributed by atoms with van der Waals surface area (Å²) in [6.45, 7) is 1.99. The fourth-order valence-electron chi connectivity index (χ4n) is 2.11. The summed E-state index contributed by atoms with van der Waals surface area (Å²) in [5, 5.41) is 3.06. The van der Waals surface area contributed by atoms with Crippen molar-refractivity contribution in [3.05, 3.63) is 16.1 Å². The minimum atomic E-state index is -0.700. The second kappa shape index (κ2) is 5.21. The van der Waals surface area contributed by atoms with Crippen LogP contribution in [-0.2, 0) is 16.6 Å².